The molecule has 1 fully saturated rings. The number of esters is 1. The number of aliphatic hydroxyl groups is 2. The minimum atomic E-state index is -0.876. The molecule has 1 amide bonds. The number of carboxylic acid groups (broad SMARTS) is 1. The number of aliphatic hydroxyl groups excluding tert-OH is 2. The molecule has 0 unspecified atom stereocenters. The summed E-state index contributed by atoms with van der Waals surface area (Å²) in [6.07, 6.45) is 7.94. The highest BCUT2D eigenvalue weighted by atomic mass is 16.5. The second kappa shape index (κ2) is 15.4. The number of hydrogen-bond acceptors (Lipinski definition) is 6. The molecule has 2 rings (SSSR count). The smallest absolute Gasteiger partial charge is 0.308 e. The first kappa shape index (κ1) is 32.0. The first-order valence-electron chi connectivity index (χ1n) is 14.3. The largest absolute Gasteiger partial charge is 0.481 e. The summed E-state index contributed by atoms with van der Waals surface area (Å²) < 4.78 is 5.83. The Morgan fingerprint density at radius 3 is 2.32 bits per heavy atom. The van der Waals surface area contributed by atoms with E-state index in [-0.39, 0.29) is 36.6 Å². The predicted octanol–water partition coefficient (Wildman–Crippen LogP) is 4.25. The molecule has 8 nitrogen and oxygen atoms in total. The van der Waals surface area contributed by atoms with Gasteiger partial charge in [0.15, 0.2) is 0 Å². The van der Waals surface area contributed by atoms with Gasteiger partial charge in [-0.25, -0.2) is 0 Å². The fraction of sp³-hybridized carbons (Fsp3) is 0.767. The van der Waals surface area contributed by atoms with Crippen LogP contribution >= 0.6 is 0 Å². The molecule has 1 heterocycles. The summed E-state index contributed by atoms with van der Waals surface area (Å²) in [4.78, 5) is 36.3. The van der Waals surface area contributed by atoms with Crippen LogP contribution in [0.2, 0.25) is 0 Å². The van der Waals surface area contributed by atoms with Gasteiger partial charge < -0.3 is 25.4 Å². The average Bonchev–Trinajstić information content (AvgIpc) is 3.31. The number of carbonyl (C=O) groups excluding carboxylic acids is 2. The van der Waals surface area contributed by atoms with Gasteiger partial charge in [0.25, 0.3) is 0 Å². The van der Waals surface area contributed by atoms with Crippen molar-refractivity contribution in [2.24, 2.45) is 35.5 Å². The second-order valence-electron chi connectivity index (χ2n) is 12.0. The molecule has 2 aliphatic rings. The Bertz CT molecular complexity index is 854. The van der Waals surface area contributed by atoms with Gasteiger partial charge in [-0.05, 0) is 61.3 Å². The summed E-state index contributed by atoms with van der Waals surface area (Å²) in [5.41, 5.74) is 0.694. The van der Waals surface area contributed by atoms with Crippen LogP contribution in [0, 0.1) is 35.5 Å². The van der Waals surface area contributed by atoms with E-state index in [0.29, 0.717) is 36.7 Å². The second-order valence-corrected chi connectivity index (χ2v) is 12.0. The first-order chi connectivity index (χ1) is 17.9. The molecule has 0 aromatic carbocycles. The molecule has 9 atom stereocenters. The van der Waals surface area contributed by atoms with Gasteiger partial charge in [0.2, 0.25) is 5.91 Å². The third kappa shape index (κ3) is 10.2. The van der Waals surface area contributed by atoms with E-state index >= 15 is 0 Å². The van der Waals surface area contributed by atoms with E-state index in [1.54, 1.807) is 12.2 Å². The maximum Gasteiger partial charge on any atom is 0.308 e. The van der Waals surface area contributed by atoms with E-state index in [9.17, 15) is 29.7 Å². The van der Waals surface area contributed by atoms with E-state index in [0.717, 1.165) is 25.7 Å². The maximum atomic E-state index is 12.9. The van der Waals surface area contributed by atoms with Gasteiger partial charge in [-0.15, -0.1) is 0 Å². The van der Waals surface area contributed by atoms with Gasteiger partial charge in [-0.2, -0.15) is 0 Å². The fourth-order valence-corrected chi connectivity index (χ4v) is 6.33. The number of carboxylic acids is 1. The van der Waals surface area contributed by atoms with Crippen LogP contribution in [0.25, 0.3) is 0 Å². The number of allylic oxidation sites excluding steroid dienone is 2. The van der Waals surface area contributed by atoms with Gasteiger partial charge in [0.05, 0.1) is 24.5 Å². The van der Waals surface area contributed by atoms with Gasteiger partial charge in [-0.1, -0.05) is 52.3 Å². The topological polar surface area (TPSA) is 133 Å². The van der Waals surface area contributed by atoms with E-state index in [1.165, 1.54) is 6.92 Å². The molecule has 0 bridgehead atoms. The Morgan fingerprint density at radius 1 is 1.03 bits per heavy atom. The molecule has 0 aromatic rings. The van der Waals surface area contributed by atoms with Gasteiger partial charge in [0, 0.05) is 25.8 Å². The molecule has 1 aliphatic carbocycles. The lowest BCUT2D eigenvalue weighted by Crippen LogP contribution is -2.34. The van der Waals surface area contributed by atoms with Crippen LogP contribution in [0.1, 0.15) is 86.0 Å². The third-order valence-electron chi connectivity index (χ3n) is 8.31. The molecular formula is C30H49NO7. The van der Waals surface area contributed by atoms with Gasteiger partial charge in [0.1, 0.15) is 6.10 Å². The Labute approximate surface area is 227 Å². The molecule has 1 saturated carbocycles. The number of cyclic esters (lactones) is 1. The van der Waals surface area contributed by atoms with Crippen LogP contribution in [0.5, 0.6) is 0 Å². The number of aliphatic carboxylic acids is 1. The highest BCUT2D eigenvalue weighted by Gasteiger charge is 2.39. The molecule has 216 valence electrons. The summed E-state index contributed by atoms with van der Waals surface area (Å²) >= 11 is 0. The number of amides is 1. The summed E-state index contributed by atoms with van der Waals surface area (Å²) in [5.74, 6) is -1.85. The van der Waals surface area contributed by atoms with Crippen LogP contribution in [0.15, 0.2) is 23.8 Å². The zero-order valence-corrected chi connectivity index (χ0v) is 23.8. The summed E-state index contributed by atoms with van der Waals surface area (Å²) in [7, 11) is 0. The van der Waals surface area contributed by atoms with Crippen LogP contribution < -0.4 is 5.32 Å². The lowest BCUT2D eigenvalue weighted by molar-refractivity contribution is -0.159. The molecule has 0 spiro atoms. The highest BCUT2D eigenvalue weighted by Crippen LogP contribution is 2.37. The standard InChI is InChI=1S/C30H49NO7/c1-18-13-19(2)15-21(4)29(35)23(17-31-22(5)32)9-6-7-12-27(24-10-8-11-25(24)30(36)37)38-28(34)16-26(33)20(3)14-18/h6-7,9,18-21,24-27,29,33,35H,8,10-17H2,1-5H3,(H,31,32)(H,36,37)/b7-6+,23-9+/t18-,19+,20-,21-,24+,25+,26-,27-,29+/m0/s1. The summed E-state index contributed by atoms with van der Waals surface area (Å²) in [6, 6.07) is 0. The van der Waals surface area contributed by atoms with Gasteiger partial charge in [-0.3, -0.25) is 14.4 Å². The number of hydrogen-bond donors (Lipinski definition) is 4. The van der Waals surface area contributed by atoms with Crippen molar-refractivity contribution in [1.29, 1.82) is 0 Å². The van der Waals surface area contributed by atoms with Crippen LogP contribution in [-0.2, 0) is 19.1 Å². The van der Waals surface area contributed by atoms with Crippen molar-refractivity contribution in [2.75, 3.05) is 6.54 Å². The van der Waals surface area contributed by atoms with Crippen molar-refractivity contribution in [3.8, 4) is 0 Å². The fourth-order valence-electron chi connectivity index (χ4n) is 6.33. The van der Waals surface area contributed by atoms with Crippen molar-refractivity contribution in [3.05, 3.63) is 23.8 Å². The van der Waals surface area contributed by atoms with Crippen molar-refractivity contribution >= 4 is 17.8 Å². The SMILES string of the molecule is CC(=O)NC/C1=C\C=C\C[C@@H]([C@@H]2CCC[C@H]2C(=O)O)OC(=O)C[C@H](O)[C@@H](C)C[C@@H](C)C[C@@H](C)C[C@H](C)[C@H]1O. The van der Waals surface area contributed by atoms with E-state index in [1.807, 2.05) is 19.9 Å². The zero-order chi connectivity index (χ0) is 28.4. The van der Waals surface area contributed by atoms with Crippen molar-refractivity contribution in [1.82, 2.24) is 5.32 Å². The molecular weight excluding hydrogens is 486 g/mol. The normalized spacial score (nSPS) is 38.7. The Hall–Kier alpha value is -2.19. The zero-order valence-electron chi connectivity index (χ0n) is 23.8. The molecule has 38 heavy (non-hydrogen) atoms. The molecule has 0 saturated heterocycles. The lowest BCUT2D eigenvalue weighted by Gasteiger charge is -2.29. The maximum absolute atomic E-state index is 12.9. The number of ether oxygens (including phenoxy) is 1. The number of carbonyl (C=O) groups is 3. The van der Waals surface area contributed by atoms with Crippen LogP contribution in [0.3, 0.4) is 0 Å². The molecule has 4 N–H and O–H groups in total. The number of nitrogens with one attached hydrogen (secondary N) is 1. The predicted molar refractivity (Wildman–Crippen MR) is 146 cm³/mol. The summed E-state index contributed by atoms with van der Waals surface area (Å²) in [6.45, 7) is 9.94. The van der Waals surface area contributed by atoms with Crippen molar-refractivity contribution < 1.29 is 34.4 Å². The Balaban J connectivity index is 2.35. The molecule has 0 aromatic heterocycles. The first-order valence-corrected chi connectivity index (χ1v) is 14.3. The van der Waals surface area contributed by atoms with E-state index in [4.69, 9.17) is 4.74 Å². The Kier molecular flexibility index (Phi) is 13.0. The van der Waals surface area contributed by atoms with Crippen LogP contribution in [0.4, 0.5) is 0 Å². The minimum absolute atomic E-state index is 0.0176. The number of rotatable bonds is 4. The molecule has 1 aliphatic heterocycles. The van der Waals surface area contributed by atoms with E-state index < -0.39 is 36.2 Å². The third-order valence-corrected chi connectivity index (χ3v) is 8.31. The quantitative estimate of drug-likeness (QED) is 0.396. The van der Waals surface area contributed by atoms with Crippen molar-refractivity contribution in [3.63, 3.8) is 0 Å². The monoisotopic (exact) mass is 535 g/mol. The van der Waals surface area contributed by atoms with Crippen LogP contribution in [-0.4, -0.2) is 58.0 Å². The lowest BCUT2D eigenvalue weighted by atomic mass is 9.82. The van der Waals surface area contributed by atoms with Crippen molar-refractivity contribution in [2.45, 2.75) is 104 Å². The summed E-state index contributed by atoms with van der Waals surface area (Å²) in [5, 5.41) is 34.4. The minimum Gasteiger partial charge on any atom is -0.481 e. The molecule has 8 heteroatoms. The van der Waals surface area contributed by atoms with E-state index in [2.05, 4.69) is 19.2 Å². The molecule has 0 radical (unpaired) electrons. The highest BCUT2D eigenvalue weighted by molar-refractivity contribution is 5.73. The Morgan fingerprint density at radius 2 is 1.68 bits per heavy atom. The average molecular weight is 536 g/mol. The van der Waals surface area contributed by atoms with Gasteiger partial charge >= 0.3 is 11.9 Å².